The summed E-state index contributed by atoms with van der Waals surface area (Å²) in [7, 11) is 1.91. The first kappa shape index (κ1) is 14.3. The Morgan fingerprint density at radius 2 is 1.89 bits per heavy atom. The van der Waals surface area contributed by atoms with E-state index in [4.69, 9.17) is 14.9 Å². The molecule has 0 aliphatic rings. The van der Waals surface area contributed by atoms with Crippen molar-refractivity contribution in [3.63, 3.8) is 0 Å². The molecule has 0 radical (unpaired) electrons. The van der Waals surface area contributed by atoms with Gasteiger partial charge in [-0.05, 0) is 36.1 Å². The Bertz CT molecular complexity index is 1340. The first-order valence-electron chi connectivity index (χ1n) is 11.6. The highest BCUT2D eigenvalue weighted by Gasteiger charge is 2.23. The van der Waals surface area contributed by atoms with Gasteiger partial charge in [-0.3, -0.25) is 0 Å². The van der Waals surface area contributed by atoms with Gasteiger partial charge in [-0.15, -0.1) is 0 Å². The number of benzene rings is 1. The van der Waals surface area contributed by atoms with E-state index in [2.05, 4.69) is 26.8 Å². The molecule has 1 unspecified atom stereocenters. The lowest BCUT2D eigenvalue weighted by atomic mass is 9.91. The molecule has 28 heavy (non-hydrogen) atoms. The Morgan fingerprint density at radius 3 is 2.61 bits per heavy atom. The zero-order valence-corrected chi connectivity index (χ0v) is 17.3. The summed E-state index contributed by atoms with van der Waals surface area (Å²) in [6.45, 7) is 7.35. The van der Waals surface area contributed by atoms with Crippen molar-refractivity contribution in [1.82, 2.24) is 4.98 Å². The fourth-order valence-corrected chi connectivity index (χ4v) is 3.61. The third-order valence-electron chi connectivity index (χ3n) is 5.32. The summed E-state index contributed by atoms with van der Waals surface area (Å²) in [4.78, 5) is 4.78. The fraction of sp³-hybridized carbons (Fsp3) is 0.360. The van der Waals surface area contributed by atoms with Crippen molar-refractivity contribution in [3.05, 3.63) is 59.4 Å². The first-order chi connectivity index (χ1) is 14.7. The van der Waals surface area contributed by atoms with Gasteiger partial charge in [-0.1, -0.05) is 46.7 Å². The Labute approximate surface area is 172 Å². The van der Waals surface area contributed by atoms with E-state index in [1.54, 1.807) is 18.3 Å². The minimum atomic E-state index is -2.45. The third-order valence-corrected chi connectivity index (χ3v) is 5.32. The quantitative estimate of drug-likeness (QED) is 0.389. The highest BCUT2D eigenvalue weighted by molar-refractivity contribution is 6.08. The molecule has 0 aliphatic carbocycles. The number of aromatic nitrogens is 2. The van der Waals surface area contributed by atoms with Crippen molar-refractivity contribution in [3.8, 4) is 11.3 Å². The van der Waals surface area contributed by atoms with Crippen LogP contribution in [0.5, 0.6) is 0 Å². The van der Waals surface area contributed by atoms with Gasteiger partial charge in [-0.25, -0.2) is 9.55 Å². The standard InChI is InChI=1S/C25H29N2O/c1-15(2)17-12-13-27(7)20(14-17)22-16(3)8-9-18-19-10-11-21(25(4,5)6)26-24(19)28-23(18)22/h8-15H,1-7H3/q+1/i1D3,15D. The molecule has 0 aliphatic heterocycles. The topological polar surface area (TPSA) is 29.9 Å². The van der Waals surface area contributed by atoms with Crippen LogP contribution < -0.4 is 4.57 Å². The fourth-order valence-electron chi connectivity index (χ4n) is 3.61. The molecule has 0 saturated carbocycles. The number of fused-ring (bicyclic) bond motifs is 3. The minimum Gasteiger partial charge on any atom is -0.437 e. The van der Waals surface area contributed by atoms with Gasteiger partial charge in [0.1, 0.15) is 7.05 Å². The summed E-state index contributed by atoms with van der Waals surface area (Å²) in [5, 5.41) is 1.91. The highest BCUT2D eigenvalue weighted by atomic mass is 16.3. The Balaban J connectivity index is 2.01. The molecular weight excluding hydrogens is 344 g/mol. The van der Waals surface area contributed by atoms with E-state index in [0.717, 1.165) is 33.3 Å². The molecule has 0 N–H and O–H groups in total. The SMILES string of the molecule is [2H]C([2H])([2H])C([2H])(C)c1cc[n+](C)c(-c2c(C)ccc3c2oc2nc(C(C)(C)C)ccc23)c1. The predicted molar refractivity (Wildman–Crippen MR) is 116 cm³/mol. The number of hydrogen-bond donors (Lipinski definition) is 0. The van der Waals surface area contributed by atoms with Crippen molar-refractivity contribution in [2.24, 2.45) is 7.05 Å². The molecule has 1 aromatic carbocycles. The molecule has 0 fully saturated rings. The van der Waals surface area contributed by atoms with Crippen molar-refractivity contribution >= 4 is 22.1 Å². The molecule has 4 rings (SSSR count). The summed E-state index contributed by atoms with van der Waals surface area (Å²) in [5.41, 5.74) is 5.27. The van der Waals surface area contributed by atoms with Crippen LogP contribution in [0.4, 0.5) is 0 Å². The maximum Gasteiger partial charge on any atom is 0.227 e. The molecule has 1 atom stereocenters. The van der Waals surface area contributed by atoms with Gasteiger partial charge in [0.25, 0.3) is 0 Å². The van der Waals surface area contributed by atoms with Crippen LogP contribution in [0.2, 0.25) is 0 Å². The zero-order chi connectivity index (χ0) is 23.6. The minimum absolute atomic E-state index is 0.0967. The van der Waals surface area contributed by atoms with Gasteiger partial charge in [0.05, 0.1) is 5.56 Å². The number of rotatable bonds is 2. The molecule has 3 aromatic heterocycles. The number of pyridine rings is 2. The molecule has 0 saturated heterocycles. The number of aryl methyl sites for hydroxylation is 2. The lowest BCUT2D eigenvalue weighted by molar-refractivity contribution is -0.660. The van der Waals surface area contributed by atoms with Gasteiger partial charge >= 0.3 is 0 Å². The lowest BCUT2D eigenvalue weighted by Gasteiger charge is -2.16. The molecule has 3 nitrogen and oxygen atoms in total. The average Bonchev–Trinajstić information content (AvgIpc) is 3.04. The summed E-state index contributed by atoms with van der Waals surface area (Å²) in [5.74, 6) is -1.73. The first-order valence-corrected chi connectivity index (χ1v) is 9.56. The van der Waals surface area contributed by atoms with Crippen LogP contribution in [0.3, 0.4) is 0 Å². The van der Waals surface area contributed by atoms with Crippen LogP contribution in [0.15, 0.2) is 47.0 Å². The molecule has 0 amide bonds. The second kappa shape index (κ2) is 6.44. The maximum absolute atomic E-state index is 8.53. The molecular formula is C25H29N2O+. The van der Waals surface area contributed by atoms with Crippen LogP contribution in [0.1, 0.15) is 62.7 Å². The Kier molecular flexibility index (Phi) is 3.30. The van der Waals surface area contributed by atoms with Gasteiger partial charge in [0.2, 0.25) is 11.4 Å². The van der Waals surface area contributed by atoms with Gasteiger partial charge < -0.3 is 4.42 Å². The van der Waals surface area contributed by atoms with Crippen LogP contribution in [0.25, 0.3) is 33.3 Å². The van der Waals surface area contributed by atoms with Gasteiger partial charge in [0.15, 0.2) is 11.8 Å². The summed E-state index contributed by atoms with van der Waals surface area (Å²) >= 11 is 0. The summed E-state index contributed by atoms with van der Waals surface area (Å²) < 4.78 is 40.3. The van der Waals surface area contributed by atoms with Crippen LogP contribution in [0, 0.1) is 6.92 Å². The molecule has 0 bridgehead atoms. The monoisotopic (exact) mass is 377 g/mol. The van der Waals surface area contributed by atoms with Crippen LogP contribution in [-0.2, 0) is 12.5 Å². The molecule has 3 heteroatoms. The van der Waals surface area contributed by atoms with E-state index in [1.807, 2.05) is 36.7 Å². The maximum atomic E-state index is 8.53. The highest BCUT2D eigenvalue weighted by Crippen LogP contribution is 2.37. The van der Waals surface area contributed by atoms with Gasteiger partial charge in [-0.2, -0.15) is 0 Å². The molecule has 4 aromatic rings. The summed E-state index contributed by atoms with van der Waals surface area (Å²) in [6, 6.07) is 11.7. The second-order valence-electron chi connectivity index (χ2n) is 8.57. The second-order valence-corrected chi connectivity index (χ2v) is 8.57. The smallest absolute Gasteiger partial charge is 0.227 e. The molecule has 0 spiro atoms. The summed E-state index contributed by atoms with van der Waals surface area (Å²) in [6.07, 6.45) is 1.81. The molecule has 144 valence electrons. The van der Waals surface area contributed by atoms with Crippen LogP contribution >= 0.6 is 0 Å². The van der Waals surface area contributed by atoms with Crippen molar-refractivity contribution in [1.29, 1.82) is 0 Å². The van der Waals surface area contributed by atoms with E-state index < -0.39 is 12.7 Å². The zero-order valence-electron chi connectivity index (χ0n) is 21.3. The van der Waals surface area contributed by atoms with Crippen molar-refractivity contribution < 1.29 is 14.5 Å². The Morgan fingerprint density at radius 1 is 1.14 bits per heavy atom. The van der Waals surface area contributed by atoms with E-state index in [-0.39, 0.29) is 5.41 Å². The number of hydrogen-bond acceptors (Lipinski definition) is 2. The van der Waals surface area contributed by atoms with Gasteiger partial charge in [0, 0.05) is 39.5 Å². The lowest BCUT2D eigenvalue weighted by Crippen LogP contribution is -2.31. The van der Waals surface area contributed by atoms with E-state index in [9.17, 15) is 0 Å². The van der Waals surface area contributed by atoms with E-state index in [0.29, 0.717) is 16.9 Å². The van der Waals surface area contributed by atoms with Crippen molar-refractivity contribution in [2.45, 2.75) is 52.8 Å². The van der Waals surface area contributed by atoms with E-state index >= 15 is 0 Å². The predicted octanol–water partition coefficient (Wildman–Crippen LogP) is 6.20. The Hall–Kier alpha value is -2.68. The molecule has 3 heterocycles. The normalized spacial score (nSPS) is 17.1. The number of nitrogens with zero attached hydrogens (tertiary/aromatic N) is 2. The third kappa shape index (κ3) is 2.99. The largest absolute Gasteiger partial charge is 0.437 e. The van der Waals surface area contributed by atoms with Crippen molar-refractivity contribution in [2.75, 3.05) is 0 Å². The average molecular weight is 378 g/mol. The number of furan rings is 1. The van der Waals surface area contributed by atoms with Crippen LogP contribution in [-0.4, -0.2) is 4.98 Å². The van der Waals surface area contributed by atoms with E-state index in [1.165, 1.54) is 6.92 Å².